The van der Waals surface area contributed by atoms with Crippen molar-refractivity contribution in [2.24, 2.45) is 0 Å². The summed E-state index contributed by atoms with van der Waals surface area (Å²) in [5, 5.41) is 0. The van der Waals surface area contributed by atoms with E-state index in [2.05, 4.69) is 24.3 Å². The van der Waals surface area contributed by atoms with Crippen LogP contribution in [0.5, 0.6) is 0 Å². The van der Waals surface area contributed by atoms with Gasteiger partial charge < -0.3 is 0 Å². The third kappa shape index (κ3) is 2.96. The van der Waals surface area contributed by atoms with E-state index in [-0.39, 0.29) is 6.04 Å². The fraction of sp³-hybridized carbons (Fsp3) is 0.263. The normalized spacial score (nSPS) is 18.9. The quantitative estimate of drug-likeness (QED) is 0.860. The number of sulfonamides is 1. The van der Waals surface area contributed by atoms with E-state index in [1.165, 1.54) is 5.56 Å². The van der Waals surface area contributed by atoms with Crippen LogP contribution < -0.4 is 0 Å². The Balaban J connectivity index is 1.89. The van der Waals surface area contributed by atoms with Gasteiger partial charge in [0.05, 0.1) is 4.90 Å². The fourth-order valence-electron chi connectivity index (χ4n) is 2.93. The topological polar surface area (TPSA) is 37.4 Å². The molecule has 3 nitrogen and oxygen atoms in total. The molecule has 1 heterocycles. The van der Waals surface area contributed by atoms with Crippen LogP contribution in [0.3, 0.4) is 0 Å². The van der Waals surface area contributed by atoms with Crippen molar-refractivity contribution in [3.8, 4) is 0 Å². The van der Waals surface area contributed by atoms with E-state index in [1.54, 1.807) is 16.4 Å². The Hall–Kier alpha value is -1.91. The molecule has 1 atom stereocenters. The van der Waals surface area contributed by atoms with Gasteiger partial charge in [0.25, 0.3) is 0 Å². The molecule has 0 radical (unpaired) electrons. The summed E-state index contributed by atoms with van der Waals surface area (Å²) < 4.78 is 27.3. The zero-order valence-corrected chi connectivity index (χ0v) is 14.5. The van der Waals surface area contributed by atoms with Crippen LogP contribution in [0.4, 0.5) is 0 Å². The standard InChI is InChI=1S/C19H21NO2S/c1-14-4-8-17(9-5-14)19-12-13-20(16(19)3)23(21,22)18-10-6-15(2)7-11-18/h4-12,16H,13H2,1-3H3. The van der Waals surface area contributed by atoms with Gasteiger partial charge in [-0.15, -0.1) is 0 Å². The van der Waals surface area contributed by atoms with Crippen LogP contribution >= 0.6 is 0 Å². The highest BCUT2D eigenvalue weighted by Gasteiger charge is 2.34. The zero-order valence-electron chi connectivity index (χ0n) is 13.7. The molecule has 0 N–H and O–H groups in total. The summed E-state index contributed by atoms with van der Waals surface area (Å²) in [6.07, 6.45) is 2.01. The summed E-state index contributed by atoms with van der Waals surface area (Å²) in [6.45, 7) is 6.36. The molecule has 2 aromatic rings. The van der Waals surface area contributed by atoms with Gasteiger partial charge in [-0.2, -0.15) is 4.31 Å². The number of nitrogens with zero attached hydrogens (tertiary/aromatic N) is 1. The van der Waals surface area contributed by atoms with E-state index in [1.807, 2.05) is 39.0 Å². The van der Waals surface area contributed by atoms with Crippen molar-refractivity contribution in [2.45, 2.75) is 31.7 Å². The van der Waals surface area contributed by atoms with Crippen molar-refractivity contribution < 1.29 is 8.42 Å². The maximum Gasteiger partial charge on any atom is 0.243 e. The number of aryl methyl sites for hydroxylation is 2. The molecule has 4 heteroatoms. The molecule has 0 spiro atoms. The van der Waals surface area contributed by atoms with Gasteiger partial charge in [0.15, 0.2) is 0 Å². The minimum atomic E-state index is -3.47. The van der Waals surface area contributed by atoms with Crippen LogP contribution in [0, 0.1) is 13.8 Å². The summed E-state index contributed by atoms with van der Waals surface area (Å²) in [7, 11) is -3.47. The van der Waals surface area contributed by atoms with E-state index in [0.29, 0.717) is 11.4 Å². The van der Waals surface area contributed by atoms with Crippen molar-refractivity contribution in [1.29, 1.82) is 0 Å². The van der Waals surface area contributed by atoms with Gasteiger partial charge in [-0.25, -0.2) is 8.42 Å². The molecule has 0 aromatic heterocycles. The Morgan fingerprint density at radius 2 is 1.43 bits per heavy atom. The average Bonchev–Trinajstić information content (AvgIpc) is 2.91. The molecule has 2 aromatic carbocycles. The molecule has 1 aliphatic rings. The lowest BCUT2D eigenvalue weighted by Gasteiger charge is -2.23. The van der Waals surface area contributed by atoms with Gasteiger partial charge in [-0.05, 0) is 44.0 Å². The van der Waals surface area contributed by atoms with E-state index >= 15 is 0 Å². The molecule has 0 bridgehead atoms. The van der Waals surface area contributed by atoms with Crippen LogP contribution in [0.15, 0.2) is 59.5 Å². The largest absolute Gasteiger partial charge is 0.243 e. The molecular weight excluding hydrogens is 306 g/mol. The lowest BCUT2D eigenvalue weighted by atomic mass is 10.0. The van der Waals surface area contributed by atoms with E-state index in [0.717, 1.165) is 16.7 Å². The fourth-order valence-corrected chi connectivity index (χ4v) is 4.48. The second-order valence-electron chi connectivity index (χ2n) is 6.09. The van der Waals surface area contributed by atoms with Crippen molar-refractivity contribution in [2.75, 3.05) is 6.54 Å². The van der Waals surface area contributed by atoms with Crippen molar-refractivity contribution in [3.05, 3.63) is 71.3 Å². The molecule has 1 unspecified atom stereocenters. The first kappa shape index (κ1) is 16.0. The van der Waals surface area contributed by atoms with E-state index in [9.17, 15) is 8.42 Å². The maximum absolute atomic E-state index is 12.9. The highest BCUT2D eigenvalue weighted by atomic mass is 32.2. The number of rotatable bonds is 3. The molecule has 23 heavy (non-hydrogen) atoms. The van der Waals surface area contributed by atoms with Gasteiger partial charge in [-0.1, -0.05) is 53.6 Å². The number of benzene rings is 2. The molecule has 120 valence electrons. The van der Waals surface area contributed by atoms with Crippen LogP contribution in [-0.2, 0) is 10.0 Å². The third-order valence-corrected chi connectivity index (χ3v) is 6.34. The minimum absolute atomic E-state index is 0.163. The number of hydrogen-bond acceptors (Lipinski definition) is 2. The van der Waals surface area contributed by atoms with Gasteiger partial charge in [-0.3, -0.25) is 0 Å². The van der Waals surface area contributed by atoms with Crippen molar-refractivity contribution >= 4 is 15.6 Å². The van der Waals surface area contributed by atoms with Crippen molar-refractivity contribution in [1.82, 2.24) is 4.31 Å². The molecule has 3 rings (SSSR count). The lowest BCUT2D eigenvalue weighted by Crippen LogP contribution is -2.35. The average molecular weight is 327 g/mol. The first-order valence-electron chi connectivity index (χ1n) is 7.75. The molecule has 0 fully saturated rings. The number of hydrogen-bond donors (Lipinski definition) is 0. The Kier molecular flexibility index (Phi) is 4.13. The van der Waals surface area contributed by atoms with Gasteiger partial charge in [0.1, 0.15) is 0 Å². The monoisotopic (exact) mass is 327 g/mol. The second-order valence-corrected chi connectivity index (χ2v) is 7.98. The Morgan fingerprint density at radius 1 is 0.913 bits per heavy atom. The molecule has 0 saturated heterocycles. The zero-order chi connectivity index (χ0) is 16.6. The predicted octanol–water partition coefficient (Wildman–Crippen LogP) is 3.78. The lowest BCUT2D eigenvalue weighted by molar-refractivity contribution is 0.432. The second kappa shape index (κ2) is 5.95. The third-order valence-electron chi connectivity index (χ3n) is 4.39. The summed E-state index contributed by atoms with van der Waals surface area (Å²) in [4.78, 5) is 0.355. The minimum Gasteiger partial charge on any atom is -0.207 e. The maximum atomic E-state index is 12.9. The van der Waals surface area contributed by atoms with Gasteiger partial charge in [0.2, 0.25) is 10.0 Å². The highest BCUT2D eigenvalue weighted by Crippen LogP contribution is 2.32. The van der Waals surface area contributed by atoms with Gasteiger partial charge >= 0.3 is 0 Å². The van der Waals surface area contributed by atoms with Crippen LogP contribution in [0.25, 0.3) is 5.57 Å². The Labute approximate surface area is 138 Å². The van der Waals surface area contributed by atoms with Crippen molar-refractivity contribution in [3.63, 3.8) is 0 Å². The summed E-state index contributed by atoms with van der Waals surface area (Å²) in [6, 6.07) is 15.1. The summed E-state index contributed by atoms with van der Waals surface area (Å²) in [5.74, 6) is 0. The smallest absolute Gasteiger partial charge is 0.207 e. The molecule has 0 amide bonds. The molecule has 0 saturated carbocycles. The summed E-state index contributed by atoms with van der Waals surface area (Å²) in [5.41, 5.74) is 4.41. The first-order valence-corrected chi connectivity index (χ1v) is 9.19. The molecule has 1 aliphatic heterocycles. The van der Waals surface area contributed by atoms with E-state index < -0.39 is 10.0 Å². The molecule has 0 aliphatic carbocycles. The van der Waals surface area contributed by atoms with Crippen LogP contribution in [0.2, 0.25) is 0 Å². The highest BCUT2D eigenvalue weighted by molar-refractivity contribution is 7.89. The Bertz CT molecular complexity index is 834. The van der Waals surface area contributed by atoms with Crippen LogP contribution in [0.1, 0.15) is 23.6 Å². The van der Waals surface area contributed by atoms with Gasteiger partial charge in [0, 0.05) is 12.6 Å². The van der Waals surface area contributed by atoms with Crippen LogP contribution in [-0.4, -0.2) is 25.3 Å². The van der Waals surface area contributed by atoms with E-state index in [4.69, 9.17) is 0 Å². The molecular formula is C19H21NO2S. The Morgan fingerprint density at radius 3 is 2.00 bits per heavy atom. The SMILES string of the molecule is Cc1ccc(C2=CCN(S(=O)(=O)c3ccc(C)cc3)C2C)cc1. The summed E-state index contributed by atoms with van der Waals surface area (Å²) >= 11 is 0. The predicted molar refractivity (Wildman–Crippen MR) is 93.7 cm³/mol. The first-order chi connectivity index (χ1) is 10.9.